The minimum Gasteiger partial charge on any atom is -0.726 e. The summed E-state index contributed by atoms with van der Waals surface area (Å²) in [4.78, 5) is 0. The predicted molar refractivity (Wildman–Crippen MR) is 164 cm³/mol. The van der Waals surface area contributed by atoms with Gasteiger partial charge in [-0.15, -0.1) is 0 Å². The van der Waals surface area contributed by atoms with E-state index in [0.717, 1.165) is 19.3 Å². The van der Waals surface area contributed by atoms with Gasteiger partial charge in [-0.2, -0.15) is 0 Å². The first-order valence-corrected chi connectivity index (χ1v) is 18.1. The normalized spacial score (nSPS) is 12.7. The molecule has 0 saturated heterocycles. The molecule has 0 aromatic carbocycles. The monoisotopic (exact) mass is 596 g/mol. The van der Waals surface area contributed by atoms with Crippen LogP contribution in [0.5, 0.6) is 0 Å². The molecule has 0 aromatic heterocycles. The van der Waals surface area contributed by atoms with Crippen molar-refractivity contribution in [1.29, 1.82) is 0 Å². The van der Waals surface area contributed by atoms with E-state index in [1.807, 2.05) is 0 Å². The van der Waals surface area contributed by atoms with Crippen LogP contribution in [-0.4, -0.2) is 19.6 Å². The summed E-state index contributed by atoms with van der Waals surface area (Å²) in [5.41, 5.74) is 0. The van der Waals surface area contributed by atoms with Crippen LogP contribution >= 0.6 is 0 Å². The second-order valence-corrected chi connectivity index (χ2v) is 12.6. The third kappa shape index (κ3) is 37.2. The third-order valence-electron chi connectivity index (χ3n) is 7.74. The van der Waals surface area contributed by atoms with Crippen molar-refractivity contribution in [2.75, 3.05) is 6.61 Å². The molecule has 0 spiro atoms. The third-order valence-corrected chi connectivity index (χ3v) is 8.16. The Morgan fingerprint density at radius 1 is 0.564 bits per heavy atom. The smallest absolute Gasteiger partial charge is 0.726 e. The van der Waals surface area contributed by atoms with Gasteiger partial charge >= 0.3 is 51.4 Å². The minimum atomic E-state index is -4.62. The standard InChI is InChI=1S/C33H66O4S.K/c1-3-5-7-9-11-13-15-16-17-18-19-20-21-23-25-27-29-31-33(32-37-38(34,35)36)30-28-26-24-22-14-12-10-8-6-4-2;/h29,31,33H,3-28,30,32H2,1-2H3,(H,34,35,36);/q;+1/p-1/b31-29+;. The molecule has 0 heterocycles. The van der Waals surface area contributed by atoms with Crippen LogP contribution in [0.4, 0.5) is 0 Å². The Kier molecular flexibility index (Phi) is 36.7. The zero-order chi connectivity index (χ0) is 28.0. The molecular weight excluding hydrogens is 532 g/mol. The van der Waals surface area contributed by atoms with Gasteiger partial charge in [-0.3, -0.25) is 4.18 Å². The number of unbranched alkanes of at least 4 members (excludes halogenated alkanes) is 24. The van der Waals surface area contributed by atoms with Gasteiger partial charge in [0.15, 0.2) is 0 Å². The van der Waals surface area contributed by atoms with E-state index in [4.69, 9.17) is 0 Å². The van der Waals surface area contributed by atoms with E-state index in [2.05, 4.69) is 30.2 Å². The zero-order valence-electron chi connectivity index (χ0n) is 26.6. The van der Waals surface area contributed by atoms with Crippen LogP contribution < -0.4 is 51.4 Å². The van der Waals surface area contributed by atoms with Gasteiger partial charge in [0.25, 0.3) is 0 Å². The maximum Gasteiger partial charge on any atom is 1.00 e. The maximum atomic E-state index is 10.9. The molecule has 0 aliphatic carbocycles. The number of allylic oxidation sites excluding steroid dienone is 1. The average molecular weight is 597 g/mol. The first-order valence-electron chi connectivity index (χ1n) is 16.8. The van der Waals surface area contributed by atoms with Crippen molar-refractivity contribution in [3.8, 4) is 0 Å². The van der Waals surface area contributed by atoms with Gasteiger partial charge in [-0.1, -0.05) is 180 Å². The van der Waals surface area contributed by atoms with Gasteiger partial charge < -0.3 is 4.55 Å². The van der Waals surface area contributed by atoms with E-state index in [-0.39, 0.29) is 63.9 Å². The second kappa shape index (κ2) is 33.7. The van der Waals surface area contributed by atoms with Crippen LogP contribution in [-0.2, 0) is 14.6 Å². The molecule has 0 aliphatic rings. The predicted octanol–water partition coefficient (Wildman–Crippen LogP) is 8.21. The van der Waals surface area contributed by atoms with E-state index in [1.54, 1.807) is 0 Å². The fraction of sp³-hybridized carbons (Fsp3) is 0.939. The summed E-state index contributed by atoms with van der Waals surface area (Å²) in [6, 6.07) is 0. The fourth-order valence-electron chi connectivity index (χ4n) is 5.22. The Morgan fingerprint density at radius 2 is 0.897 bits per heavy atom. The number of rotatable bonds is 31. The van der Waals surface area contributed by atoms with Gasteiger partial charge in [-0.05, 0) is 19.3 Å². The van der Waals surface area contributed by atoms with E-state index < -0.39 is 10.4 Å². The van der Waals surface area contributed by atoms with Gasteiger partial charge in [-0.25, -0.2) is 8.42 Å². The second-order valence-electron chi connectivity index (χ2n) is 11.6. The molecule has 0 amide bonds. The molecule has 228 valence electrons. The van der Waals surface area contributed by atoms with E-state index >= 15 is 0 Å². The SMILES string of the molecule is CCCCCCCCCCCCCCCCC/C=C/C(CCCCCCCCCCCC)COS(=O)(=O)[O-].[K+]. The Morgan fingerprint density at radius 3 is 1.26 bits per heavy atom. The topological polar surface area (TPSA) is 66.4 Å². The summed E-state index contributed by atoms with van der Waals surface area (Å²) in [6.07, 6.45) is 39.5. The first kappa shape index (κ1) is 42.4. The molecule has 4 nitrogen and oxygen atoms in total. The molecular formula is C33H65KO4S. The van der Waals surface area contributed by atoms with Crippen LogP contribution in [0, 0.1) is 5.92 Å². The summed E-state index contributed by atoms with van der Waals surface area (Å²) >= 11 is 0. The van der Waals surface area contributed by atoms with Gasteiger partial charge in [0.05, 0.1) is 6.61 Å². The van der Waals surface area contributed by atoms with Gasteiger partial charge in [0, 0.05) is 5.92 Å². The van der Waals surface area contributed by atoms with E-state index in [0.29, 0.717) is 0 Å². The molecule has 0 aromatic rings. The Labute approximate surface area is 288 Å². The van der Waals surface area contributed by atoms with Crippen molar-refractivity contribution in [2.45, 2.75) is 187 Å². The quantitative estimate of drug-likeness (QED) is 0.0266. The van der Waals surface area contributed by atoms with Crippen molar-refractivity contribution >= 4 is 10.4 Å². The van der Waals surface area contributed by atoms with Gasteiger partial charge in [0.1, 0.15) is 0 Å². The van der Waals surface area contributed by atoms with E-state index in [9.17, 15) is 13.0 Å². The summed E-state index contributed by atoms with van der Waals surface area (Å²) in [5.74, 6) is 0.0177. The minimum absolute atomic E-state index is 0. The molecule has 1 unspecified atom stereocenters. The molecule has 0 N–H and O–H groups in total. The average Bonchev–Trinajstić information content (AvgIpc) is 2.89. The number of hydrogen-bond donors (Lipinski definition) is 0. The molecule has 0 aliphatic heterocycles. The zero-order valence-corrected chi connectivity index (χ0v) is 30.5. The summed E-state index contributed by atoms with van der Waals surface area (Å²) in [5, 5.41) is 0. The molecule has 39 heavy (non-hydrogen) atoms. The molecule has 0 rings (SSSR count). The first-order chi connectivity index (χ1) is 18.5. The largest absolute Gasteiger partial charge is 1.00 e. The van der Waals surface area contributed by atoms with Gasteiger partial charge in [0.2, 0.25) is 10.4 Å². The fourth-order valence-corrected chi connectivity index (χ4v) is 5.56. The van der Waals surface area contributed by atoms with Crippen LogP contribution in [0.15, 0.2) is 12.2 Å². The van der Waals surface area contributed by atoms with Crippen LogP contribution in [0.2, 0.25) is 0 Å². The van der Waals surface area contributed by atoms with Crippen molar-refractivity contribution < 1.29 is 68.5 Å². The Balaban J connectivity index is 0. The molecule has 0 fully saturated rings. The summed E-state index contributed by atoms with van der Waals surface area (Å²) < 4.78 is 37.3. The summed E-state index contributed by atoms with van der Waals surface area (Å²) in [7, 11) is -4.62. The van der Waals surface area contributed by atoms with Crippen LogP contribution in [0.3, 0.4) is 0 Å². The Bertz CT molecular complexity index is 595. The van der Waals surface area contributed by atoms with Crippen molar-refractivity contribution in [2.24, 2.45) is 5.92 Å². The van der Waals surface area contributed by atoms with Crippen molar-refractivity contribution in [1.82, 2.24) is 0 Å². The van der Waals surface area contributed by atoms with Crippen LogP contribution in [0.25, 0.3) is 0 Å². The molecule has 1 atom stereocenters. The maximum absolute atomic E-state index is 10.9. The summed E-state index contributed by atoms with van der Waals surface area (Å²) in [6.45, 7) is 4.51. The molecule has 6 heteroatoms. The number of hydrogen-bond acceptors (Lipinski definition) is 4. The van der Waals surface area contributed by atoms with Crippen molar-refractivity contribution in [3.05, 3.63) is 12.2 Å². The Hall–Kier alpha value is 1.25. The molecule has 0 radical (unpaired) electrons. The van der Waals surface area contributed by atoms with Crippen molar-refractivity contribution in [3.63, 3.8) is 0 Å². The molecule has 0 bridgehead atoms. The molecule has 0 saturated carbocycles. The van der Waals surface area contributed by atoms with E-state index in [1.165, 1.54) is 154 Å². The van der Waals surface area contributed by atoms with Crippen LogP contribution in [0.1, 0.15) is 187 Å².